The molecule has 5 nitrogen and oxygen atoms in total. The number of hydrogen-bond donors (Lipinski definition) is 2. The number of carbonyl (C=O) groups is 1. The smallest absolute Gasteiger partial charge is 0.236 e. The molecule has 0 radical (unpaired) electrons. The molecule has 0 aromatic rings. The second kappa shape index (κ2) is 6.05. The molecule has 1 unspecified atom stereocenters. The van der Waals surface area contributed by atoms with Gasteiger partial charge in [0.05, 0.1) is 0 Å². The first kappa shape index (κ1) is 12.4. The Morgan fingerprint density at radius 3 is 2.93 bits per heavy atom. The van der Waals surface area contributed by atoms with Crippen molar-refractivity contribution in [3.8, 4) is 0 Å². The molecule has 15 heavy (non-hydrogen) atoms. The summed E-state index contributed by atoms with van der Waals surface area (Å²) in [6.07, 6.45) is 1.08. The fourth-order valence-electron chi connectivity index (χ4n) is 1.88. The number of piperazine rings is 1. The molecule has 0 spiro atoms. The van der Waals surface area contributed by atoms with Gasteiger partial charge in [-0.25, -0.2) is 0 Å². The van der Waals surface area contributed by atoms with Crippen molar-refractivity contribution in [2.75, 3.05) is 46.8 Å². The van der Waals surface area contributed by atoms with Crippen LogP contribution in [-0.4, -0.2) is 68.6 Å². The summed E-state index contributed by atoms with van der Waals surface area (Å²) in [5.41, 5.74) is 5.36. The Balaban J connectivity index is 2.33. The van der Waals surface area contributed by atoms with Crippen LogP contribution in [0.4, 0.5) is 0 Å². The highest BCUT2D eigenvalue weighted by Gasteiger charge is 2.25. The maximum Gasteiger partial charge on any atom is 0.236 e. The SMILES string of the molecule is CN(C)CCCN1CCNCC1C(N)=O. The number of hydrogen-bond acceptors (Lipinski definition) is 4. The number of nitrogens with one attached hydrogen (secondary N) is 1. The predicted octanol–water partition coefficient (Wildman–Crippen LogP) is -1.30. The van der Waals surface area contributed by atoms with Crippen LogP contribution >= 0.6 is 0 Å². The number of primary amides is 1. The summed E-state index contributed by atoms with van der Waals surface area (Å²) in [5.74, 6) is -0.216. The molecule has 88 valence electrons. The molecule has 0 saturated carbocycles. The third kappa shape index (κ3) is 4.15. The number of nitrogens with two attached hydrogens (primary N) is 1. The highest BCUT2D eigenvalue weighted by Crippen LogP contribution is 2.03. The van der Waals surface area contributed by atoms with Crippen LogP contribution in [0.1, 0.15) is 6.42 Å². The lowest BCUT2D eigenvalue weighted by Gasteiger charge is -2.34. The van der Waals surface area contributed by atoms with Gasteiger partial charge >= 0.3 is 0 Å². The highest BCUT2D eigenvalue weighted by molar-refractivity contribution is 5.80. The average molecular weight is 214 g/mol. The van der Waals surface area contributed by atoms with Crippen molar-refractivity contribution in [2.24, 2.45) is 5.73 Å². The maximum absolute atomic E-state index is 11.2. The molecule has 0 aromatic carbocycles. The van der Waals surface area contributed by atoms with Crippen LogP contribution in [0.15, 0.2) is 0 Å². The van der Waals surface area contributed by atoms with E-state index in [0.717, 1.165) is 32.6 Å². The van der Waals surface area contributed by atoms with Crippen molar-refractivity contribution < 1.29 is 4.79 Å². The third-order valence-electron chi connectivity index (χ3n) is 2.73. The Morgan fingerprint density at radius 2 is 2.33 bits per heavy atom. The van der Waals surface area contributed by atoms with E-state index in [4.69, 9.17) is 5.73 Å². The molecule has 1 rings (SSSR count). The predicted molar refractivity (Wildman–Crippen MR) is 60.6 cm³/mol. The van der Waals surface area contributed by atoms with Gasteiger partial charge in [-0.05, 0) is 27.1 Å². The van der Waals surface area contributed by atoms with Gasteiger partial charge in [-0.3, -0.25) is 9.69 Å². The first-order chi connectivity index (χ1) is 7.11. The van der Waals surface area contributed by atoms with E-state index in [0.29, 0.717) is 6.54 Å². The van der Waals surface area contributed by atoms with Gasteiger partial charge in [0.15, 0.2) is 0 Å². The average Bonchev–Trinajstić information content (AvgIpc) is 2.17. The monoisotopic (exact) mass is 214 g/mol. The van der Waals surface area contributed by atoms with Gasteiger partial charge in [0.2, 0.25) is 5.91 Å². The first-order valence-electron chi connectivity index (χ1n) is 5.50. The van der Waals surface area contributed by atoms with Gasteiger partial charge in [-0.1, -0.05) is 0 Å². The van der Waals surface area contributed by atoms with E-state index in [1.165, 1.54) is 0 Å². The minimum absolute atomic E-state index is 0.124. The van der Waals surface area contributed by atoms with E-state index in [9.17, 15) is 4.79 Å². The second-order valence-corrected chi connectivity index (χ2v) is 4.32. The first-order valence-corrected chi connectivity index (χ1v) is 5.50. The molecule has 0 bridgehead atoms. The van der Waals surface area contributed by atoms with Crippen LogP contribution in [-0.2, 0) is 4.79 Å². The van der Waals surface area contributed by atoms with Crippen LogP contribution in [0, 0.1) is 0 Å². The van der Waals surface area contributed by atoms with Gasteiger partial charge in [-0.2, -0.15) is 0 Å². The lowest BCUT2D eigenvalue weighted by molar-refractivity contribution is -0.123. The van der Waals surface area contributed by atoms with Crippen LogP contribution < -0.4 is 11.1 Å². The van der Waals surface area contributed by atoms with Crippen molar-refractivity contribution in [3.05, 3.63) is 0 Å². The van der Waals surface area contributed by atoms with Crippen molar-refractivity contribution >= 4 is 5.91 Å². The van der Waals surface area contributed by atoms with Crippen molar-refractivity contribution in [2.45, 2.75) is 12.5 Å². The lowest BCUT2D eigenvalue weighted by atomic mass is 10.1. The highest BCUT2D eigenvalue weighted by atomic mass is 16.1. The molecule has 1 fully saturated rings. The molecule has 5 heteroatoms. The Labute approximate surface area is 91.6 Å². The zero-order valence-electron chi connectivity index (χ0n) is 9.70. The van der Waals surface area contributed by atoms with E-state index in [1.54, 1.807) is 0 Å². The van der Waals surface area contributed by atoms with E-state index in [1.807, 2.05) is 0 Å². The number of rotatable bonds is 5. The molecule has 1 saturated heterocycles. The molecule has 1 aliphatic rings. The van der Waals surface area contributed by atoms with E-state index < -0.39 is 0 Å². The zero-order valence-corrected chi connectivity index (χ0v) is 9.70. The van der Waals surface area contributed by atoms with Gasteiger partial charge < -0.3 is 16.0 Å². The molecule has 1 aliphatic heterocycles. The lowest BCUT2D eigenvalue weighted by Crippen LogP contribution is -2.57. The van der Waals surface area contributed by atoms with Gasteiger partial charge in [0.1, 0.15) is 6.04 Å². The summed E-state index contributed by atoms with van der Waals surface area (Å²) in [6.45, 7) is 4.56. The molecular formula is C10H22N4O. The van der Waals surface area contributed by atoms with Crippen molar-refractivity contribution in [1.29, 1.82) is 0 Å². The van der Waals surface area contributed by atoms with E-state index >= 15 is 0 Å². The van der Waals surface area contributed by atoms with Crippen LogP contribution in [0.5, 0.6) is 0 Å². The Hall–Kier alpha value is -0.650. The zero-order chi connectivity index (χ0) is 11.3. The van der Waals surface area contributed by atoms with E-state index in [-0.39, 0.29) is 11.9 Å². The summed E-state index contributed by atoms with van der Waals surface area (Å²) in [5, 5.41) is 3.19. The van der Waals surface area contributed by atoms with Gasteiger partial charge in [0.25, 0.3) is 0 Å². The molecular weight excluding hydrogens is 192 g/mol. The third-order valence-corrected chi connectivity index (χ3v) is 2.73. The quantitative estimate of drug-likeness (QED) is 0.597. The molecule has 1 atom stereocenters. The van der Waals surface area contributed by atoms with Crippen LogP contribution in [0.2, 0.25) is 0 Å². The minimum atomic E-state index is -0.216. The van der Waals surface area contributed by atoms with Crippen LogP contribution in [0.25, 0.3) is 0 Å². The maximum atomic E-state index is 11.2. The fourth-order valence-corrected chi connectivity index (χ4v) is 1.88. The number of amides is 1. The molecule has 0 aliphatic carbocycles. The Kier molecular flexibility index (Phi) is 5.01. The normalized spacial score (nSPS) is 23.3. The molecule has 3 N–H and O–H groups in total. The number of carbonyl (C=O) groups excluding carboxylic acids is 1. The summed E-state index contributed by atoms with van der Waals surface area (Å²) >= 11 is 0. The standard InChI is InChI=1S/C10H22N4O/c1-13(2)5-3-6-14-7-4-12-8-9(14)10(11)15/h9,12H,3-8H2,1-2H3,(H2,11,15). The fraction of sp³-hybridized carbons (Fsp3) is 0.900. The Bertz CT molecular complexity index is 208. The minimum Gasteiger partial charge on any atom is -0.368 e. The molecule has 0 aromatic heterocycles. The summed E-state index contributed by atoms with van der Waals surface area (Å²) in [6, 6.07) is -0.124. The largest absolute Gasteiger partial charge is 0.368 e. The summed E-state index contributed by atoms with van der Waals surface area (Å²) in [7, 11) is 4.12. The van der Waals surface area contributed by atoms with Gasteiger partial charge in [0, 0.05) is 26.2 Å². The number of nitrogens with zero attached hydrogens (tertiary/aromatic N) is 2. The summed E-state index contributed by atoms with van der Waals surface area (Å²) < 4.78 is 0. The van der Waals surface area contributed by atoms with Gasteiger partial charge in [-0.15, -0.1) is 0 Å². The molecule has 1 heterocycles. The van der Waals surface area contributed by atoms with Crippen LogP contribution in [0.3, 0.4) is 0 Å². The second-order valence-electron chi connectivity index (χ2n) is 4.32. The van der Waals surface area contributed by atoms with Crippen molar-refractivity contribution in [1.82, 2.24) is 15.1 Å². The van der Waals surface area contributed by atoms with E-state index in [2.05, 4.69) is 29.2 Å². The topological polar surface area (TPSA) is 61.6 Å². The molecule has 1 amide bonds. The van der Waals surface area contributed by atoms with Crippen molar-refractivity contribution in [3.63, 3.8) is 0 Å². The summed E-state index contributed by atoms with van der Waals surface area (Å²) in [4.78, 5) is 15.5. The Morgan fingerprint density at radius 1 is 1.60 bits per heavy atom.